The molecule has 5 nitrogen and oxygen atoms in total. The summed E-state index contributed by atoms with van der Waals surface area (Å²) in [6.07, 6.45) is 1.24. The van der Waals surface area contributed by atoms with Gasteiger partial charge in [0, 0.05) is 23.9 Å². The van der Waals surface area contributed by atoms with Gasteiger partial charge >= 0.3 is 0 Å². The Hall–Kier alpha value is -1.75. The number of aliphatic hydroxyl groups is 1. The normalized spacial score (nSPS) is 13.7. The highest BCUT2D eigenvalue weighted by Crippen LogP contribution is 2.23. The molecule has 19 heavy (non-hydrogen) atoms. The van der Waals surface area contributed by atoms with Crippen molar-refractivity contribution in [2.75, 3.05) is 19.5 Å². The van der Waals surface area contributed by atoms with Crippen molar-refractivity contribution in [3.8, 4) is 5.75 Å². The summed E-state index contributed by atoms with van der Waals surface area (Å²) >= 11 is 0. The standard InChI is InChI=1S/C14H22N2O3/c1-4-14(2,7-8-17)16-13(18)11-6-5-10(15)9-12(11)19-3/h5-6,9,17H,4,7-8,15H2,1-3H3,(H,16,18). The first-order chi connectivity index (χ1) is 8.95. The van der Waals surface area contributed by atoms with E-state index in [1.165, 1.54) is 7.11 Å². The van der Waals surface area contributed by atoms with Crippen LogP contribution >= 0.6 is 0 Å². The van der Waals surface area contributed by atoms with E-state index >= 15 is 0 Å². The second-order valence-electron chi connectivity index (χ2n) is 4.80. The summed E-state index contributed by atoms with van der Waals surface area (Å²) < 4.78 is 5.17. The van der Waals surface area contributed by atoms with Gasteiger partial charge in [-0.05, 0) is 31.9 Å². The van der Waals surface area contributed by atoms with Crippen LogP contribution in [0.4, 0.5) is 5.69 Å². The molecule has 1 aromatic carbocycles. The van der Waals surface area contributed by atoms with Gasteiger partial charge in [-0.1, -0.05) is 6.92 Å². The first-order valence-electron chi connectivity index (χ1n) is 6.32. The fraction of sp³-hybridized carbons (Fsp3) is 0.500. The average Bonchev–Trinajstić information content (AvgIpc) is 2.38. The molecule has 0 heterocycles. The largest absolute Gasteiger partial charge is 0.496 e. The molecule has 0 aliphatic rings. The van der Waals surface area contributed by atoms with Gasteiger partial charge in [0.1, 0.15) is 5.75 Å². The SMILES string of the molecule is CCC(C)(CCO)NC(=O)c1ccc(N)cc1OC. The van der Waals surface area contributed by atoms with Gasteiger partial charge in [0.25, 0.3) is 5.91 Å². The number of nitrogens with two attached hydrogens (primary N) is 1. The van der Waals surface area contributed by atoms with E-state index in [0.717, 1.165) is 6.42 Å². The maximum atomic E-state index is 12.3. The molecular formula is C14H22N2O3. The smallest absolute Gasteiger partial charge is 0.255 e. The van der Waals surface area contributed by atoms with Crippen molar-refractivity contribution in [1.29, 1.82) is 0 Å². The van der Waals surface area contributed by atoms with Crippen LogP contribution in [0.3, 0.4) is 0 Å². The molecule has 1 aromatic rings. The number of amides is 1. The van der Waals surface area contributed by atoms with Gasteiger partial charge in [0.05, 0.1) is 12.7 Å². The van der Waals surface area contributed by atoms with Crippen LogP contribution in [0.1, 0.15) is 37.0 Å². The predicted molar refractivity (Wildman–Crippen MR) is 75.3 cm³/mol. The second kappa shape index (κ2) is 6.43. The molecule has 0 aliphatic carbocycles. The summed E-state index contributed by atoms with van der Waals surface area (Å²) in [6.45, 7) is 3.91. The molecule has 106 valence electrons. The number of hydrogen-bond donors (Lipinski definition) is 3. The first kappa shape index (κ1) is 15.3. The van der Waals surface area contributed by atoms with E-state index in [2.05, 4.69) is 5.32 Å². The minimum Gasteiger partial charge on any atom is -0.496 e. The van der Waals surface area contributed by atoms with Crippen LogP contribution in [0.2, 0.25) is 0 Å². The van der Waals surface area contributed by atoms with Gasteiger partial charge in [0.15, 0.2) is 0 Å². The van der Waals surface area contributed by atoms with E-state index in [1.807, 2.05) is 13.8 Å². The number of hydrogen-bond acceptors (Lipinski definition) is 4. The quantitative estimate of drug-likeness (QED) is 0.682. The highest BCUT2D eigenvalue weighted by Gasteiger charge is 2.25. The van der Waals surface area contributed by atoms with E-state index in [0.29, 0.717) is 23.4 Å². The highest BCUT2D eigenvalue weighted by molar-refractivity contribution is 5.97. The summed E-state index contributed by atoms with van der Waals surface area (Å²) in [4.78, 5) is 12.3. The summed E-state index contributed by atoms with van der Waals surface area (Å²) in [5, 5.41) is 12.0. The number of methoxy groups -OCH3 is 1. The fourth-order valence-corrected chi connectivity index (χ4v) is 1.81. The lowest BCUT2D eigenvalue weighted by molar-refractivity contribution is 0.0883. The molecule has 0 spiro atoms. The van der Waals surface area contributed by atoms with Crippen molar-refractivity contribution >= 4 is 11.6 Å². The van der Waals surface area contributed by atoms with E-state index < -0.39 is 5.54 Å². The van der Waals surface area contributed by atoms with Crippen molar-refractivity contribution in [2.24, 2.45) is 0 Å². The number of carbonyl (C=O) groups is 1. The van der Waals surface area contributed by atoms with Gasteiger partial charge in [-0.2, -0.15) is 0 Å². The highest BCUT2D eigenvalue weighted by atomic mass is 16.5. The molecule has 0 bridgehead atoms. The van der Waals surface area contributed by atoms with E-state index in [1.54, 1.807) is 18.2 Å². The van der Waals surface area contributed by atoms with Gasteiger partial charge in [0.2, 0.25) is 0 Å². The number of nitrogens with one attached hydrogen (secondary N) is 1. The summed E-state index contributed by atoms with van der Waals surface area (Å²) in [5.41, 5.74) is 6.21. The summed E-state index contributed by atoms with van der Waals surface area (Å²) in [6, 6.07) is 4.91. The molecule has 1 atom stereocenters. The zero-order chi connectivity index (χ0) is 14.5. The Labute approximate surface area is 113 Å². The molecule has 0 fully saturated rings. The Kier molecular flexibility index (Phi) is 5.18. The predicted octanol–water partition coefficient (Wildman–Crippen LogP) is 1.56. The van der Waals surface area contributed by atoms with Gasteiger partial charge in [-0.15, -0.1) is 0 Å². The van der Waals surface area contributed by atoms with Crippen molar-refractivity contribution < 1.29 is 14.6 Å². The third-order valence-corrected chi connectivity index (χ3v) is 3.33. The Bertz CT molecular complexity index is 448. The molecular weight excluding hydrogens is 244 g/mol. The molecule has 1 unspecified atom stereocenters. The van der Waals surface area contributed by atoms with Gasteiger partial charge in [-0.3, -0.25) is 4.79 Å². The molecule has 4 N–H and O–H groups in total. The number of rotatable bonds is 6. The Morgan fingerprint density at radius 1 is 1.53 bits per heavy atom. The third-order valence-electron chi connectivity index (χ3n) is 3.33. The maximum Gasteiger partial charge on any atom is 0.255 e. The molecule has 0 saturated heterocycles. The van der Waals surface area contributed by atoms with Crippen LogP contribution in [0.25, 0.3) is 0 Å². The maximum absolute atomic E-state index is 12.3. The molecule has 1 amide bonds. The average molecular weight is 266 g/mol. The molecule has 0 radical (unpaired) electrons. The molecule has 0 aromatic heterocycles. The number of benzene rings is 1. The van der Waals surface area contributed by atoms with Crippen LogP contribution in [0.15, 0.2) is 18.2 Å². The fourth-order valence-electron chi connectivity index (χ4n) is 1.81. The minimum atomic E-state index is -0.432. The number of aliphatic hydroxyl groups excluding tert-OH is 1. The van der Waals surface area contributed by atoms with Crippen LogP contribution in [0.5, 0.6) is 5.75 Å². The number of nitrogen functional groups attached to an aromatic ring is 1. The Morgan fingerprint density at radius 2 is 2.21 bits per heavy atom. The van der Waals surface area contributed by atoms with Crippen molar-refractivity contribution in [3.05, 3.63) is 23.8 Å². The van der Waals surface area contributed by atoms with Crippen molar-refractivity contribution in [1.82, 2.24) is 5.32 Å². The molecule has 0 aliphatic heterocycles. The van der Waals surface area contributed by atoms with Crippen LogP contribution < -0.4 is 15.8 Å². The van der Waals surface area contributed by atoms with Crippen LogP contribution in [-0.4, -0.2) is 30.3 Å². The third kappa shape index (κ3) is 3.86. The van der Waals surface area contributed by atoms with Gasteiger partial charge in [-0.25, -0.2) is 0 Å². The number of carbonyl (C=O) groups excluding carboxylic acids is 1. The van der Waals surface area contributed by atoms with E-state index in [9.17, 15) is 4.79 Å². The lowest BCUT2D eigenvalue weighted by Crippen LogP contribution is -2.46. The lowest BCUT2D eigenvalue weighted by Gasteiger charge is -2.29. The van der Waals surface area contributed by atoms with Crippen LogP contribution in [0, 0.1) is 0 Å². The summed E-state index contributed by atoms with van der Waals surface area (Å²) in [5.74, 6) is 0.217. The Balaban J connectivity index is 2.94. The molecule has 1 rings (SSSR count). The van der Waals surface area contributed by atoms with Crippen molar-refractivity contribution in [2.45, 2.75) is 32.2 Å². The Morgan fingerprint density at radius 3 is 2.74 bits per heavy atom. The number of ether oxygens (including phenoxy) is 1. The van der Waals surface area contributed by atoms with Crippen molar-refractivity contribution in [3.63, 3.8) is 0 Å². The number of anilines is 1. The zero-order valence-corrected chi connectivity index (χ0v) is 11.7. The summed E-state index contributed by atoms with van der Waals surface area (Å²) in [7, 11) is 1.50. The zero-order valence-electron chi connectivity index (χ0n) is 11.7. The van der Waals surface area contributed by atoms with Gasteiger partial charge < -0.3 is 20.9 Å². The topological polar surface area (TPSA) is 84.6 Å². The minimum absolute atomic E-state index is 0.0312. The second-order valence-corrected chi connectivity index (χ2v) is 4.80. The molecule has 0 saturated carbocycles. The molecule has 5 heteroatoms. The van der Waals surface area contributed by atoms with E-state index in [-0.39, 0.29) is 12.5 Å². The first-order valence-corrected chi connectivity index (χ1v) is 6.32. The van der Waals surface area contributed by atoms with Crippen LogP contribution in [-0.2, 0) is 0 Å². The monoisotopic (exact) mass is 266 g/mol. The van der Waals surface area contributed by atoms with E-state index in [4.69, 9.17) is 15.6 Å². The lowest BCUT2D eigenvalue weighted by atomic mass is 9.94.